The zero-order chi connectivity index (χ0) is 22.7. The molecule has 2 aromatic heterocycles. The van der Waals surface area contributed by atoms with Gasteiger partial charge in [0.1, 0.15) is 11.4 Å². The summed E-state index contributed by atoms with van der Waals surface area (Å²) < 4.78 is 11.4. The van der Waals surface area contributed by atoms with Crippen molar-refractivity contribution in [3.05, 3.63) is 71.1 Å². The van der Waals surface area contributed by atoms with Crippen molar-refractivity contribution in [2.24, 2.45) is 0 Å². The monoisotopic (exact) mass is 451 g/mol. The fourth-order valence-corrected chi connectivity index (χ4v) is 3.53. The van der Waals surface area contributed by atoms with E-state index < -0.39 is 17.3 Å². The Morgan fingerprint density at radius 1 is 1.38 bits per heavy atom. The van der Waals surface area contributed by atoms with Gasteiger partial charge in [0.15, 0.2) is 11.3 Å². The van der Waals surface area contributed by atoms with Gasteiger partial charge in [0, 0.05) is 34.8 Å². The number of nitrogens with one attached hydrogen (secondary N) is 2. The SMILES string of the molecule is CSCCOc1ccc(NC2=C(C(=O)O)C(=O)C(=Cc3c[nH]c4ncccc34)O2)c(C)c1. The van der Waals surface area contributed by atoms with Crippen LogP contribution in [0.1, 0.15) is 11.1 Å². The maximum absolute atomic E-state index is 12.8. The summed E-state index contributed by atoms with van der Waals surface area (Å²) in [5, 5.41) is 13.4. The number of aromatic nitrogens is 2. The number of benzene rings is 1. The van der Waals surface area contributed by atoms with Crippen LogP contribution in [0.15, 0.2) is 59.9 Å². The Morgan fingerprint density at radius 2 is 2.22 bits per heavy atom. The largest absolute Gasteiger partial charge is 0.493 e. The number of aromatic amines is 1. The summed E-state index contributed by atoms with van der Waals surface area (Å²) >= 11 is 1.70. The molecule has 3 N–H and O–H groups in total. The zero-order valence-corrected chi connectivity index (χ0v) is 18.3. The zero-order valence-electron chi connectivity index (χ0n) is 17.5. The lowest BCUT2D eigenvalue weighted by atomic mass is 10.1. The molecule has 9 heteroatoms. The maximum Gasteiger partial charge on any atom is 0.345 e. The molecule has 0 aliphatic carbocycles. The number of aryl methyl sites for hydroxylation is 1. The first kappa shape index (κ1) is 21.5. The lowest BCUT2D eigenvalue weighted by Gasteiger charge is -2.13. The lowest BCUT2D eigenvalue weighted by molar-refractivity contribution is -0.134. The third-order valence-corrected chi connectivity index (χ3v) is 5.45. The number of aliphatic carboxylic acids is 1. The van der Waals surface area contributed by atoms with E-state index in [1.54, 1.807) is 42.4 Å². The van der Waals surface area contributed by atoms with Crippen molar-refractivity contribution in [1.29, 1.82) is 0 Å². The quantitative estimate of drug-likeness (QED) is 0.268. The number of carboxylic acid groups (broad SMARTS) is 1. The van der Waals surface area contributed by atoms with Crippen molar-refractivity contribution < 1.29 is 24.2 Å². The average molecular weight is 452 g/mol. The van der Waals surface area contributed by atoms with Crippen LogP contribution in [-0.4, -0.2) is 45.4 Å². The minimum Gasteiger partial charge on any atom is -0.493 e. The summed E-state index contributed by atoms with van der Waals surface area (Å²) in [5.74, 6) is -0.670. The fourth-order valence-electron chi connectivity index (χ4n) is 3.28. The summed E-state index contributed by atoms with van der Waals surface area (Å²) in [6.07, 6.45) is 6.86. The van der Waals surface area contributed by atoms with Gasteiger partial charge in [0.05, 0.1) is 6.61 Å². The van der Waals surface area contributed by atoms with Crippen LogP contribution < -0.4 is 10.1 Å². The molecule has 1 aliphatic heterocycles. The fraction of sp³-hybridized carbons (Fsp3) is 0.174. The van der Waals surface area contributed by atoms with Gasteiger partial charge < -0.3 is 24.9 Å². The predicted molar refractivity (Wildman–Crippen MR) is 124 cm³/mol. The van der Waals surface area contributed by atoms with Crippen molar-refractivity contribution >= 4 is 46.3 Å². The summed E-state index contributed by atoms with van der Waals surface area (Å²) in [5.41, 5.74) is 2.31. The van der Waals surface area contributed by atoms with Gasteiger partial charge in [-0.1, -0.05) is 0 Å². The predicted octanol–water partition coefficient (Wildman–Crippen LogP) is 3.96. The van der Waals surface area contributed by atoms with Crippen LogP contribution in [0.25, 0.3) is 17.1 Å². The average Bonchev–Trinajstić information content (AvgIpc) is 3.31. The highest BCUT2D eigenvalue weighted by Gasteiger charge is 2.36. The first-order valence-corrected chi connectivity index (χ1v) is 11.2. The number of nitrogens with zero attached hydrogens (tertiary/aromatic N) is 1. The van der Waals surface area contributed by atoms with Gasteiger partial charge in [0.2, 0.25) is 11.7 Å². The number of thioether (sulfide) groups is 1. The molecule has 1 aliphatic rings. The number of H-pyrrole nitrogens is 1. The number of anilines is 1. The molecule has 0 fully saturated rings. The number of pyridine rings is 1. The van der Waals surface area contributed by atoms with Crippen molar-refractivity contribution in [3.63, 3.8) is 0 Å². The molecule has 32 heavy (non-hydrogen) atoms. The number of ether oxygens (including phenoxy) is 2. The Morgan fingerprint density at radius 3 is 2.97 bits per heavy atom. The van der Waals surface area contributed by atoms with Crippen LogP contribution in [0.2, 0.25) is 0 Å². The first-order chi connectivity index (χ1) is 15.5. The smallest absolute Gasteiger partial charge is 0.345 e. The molecule has 3 heterocycles. The molecule has 164 valence electrons. The first-order valence-electron chi connectivity index (χ1n) is 9.81. The third-order valence-electron chi connectivity index (χ3n) is 4.88. The second kappa shape index (κ2) is 9.19. The maximum atomic E-state index is 12.8. The Hall–Kier alpha value is -3.72. The standard InChI is InChI=1S/C23H21N3O5S/c1-13-10-15(30-8-9-32-2)5-6-17(13)26-22-19(23(28)29)20(27)18(31-22)11-14-12-25-21-16(14)4-3-7-24-21/h3-7,10-12,26H,8-9H2,1-2H3,(H,24,25)(H,28,29). The summed E-state index contributed by atoms with van der Waals surface area (Å²) in [4.78, 5) is 31.8. The number of carbonyl (C=O) groups excluding carboxylic acids is 1. The number of hydrogen-bond acceptors (Lipinski definition) is 7. The molecule has 0 bridgehead atoms. The Kier molecular flexibility index (Phi) is 6.18. The van der Waals surface area contributed by atoms with Gasteiger partial charge in [-0.05, 0) is 55.2 Å². The summed E-state index contributed by atoms with van der Waals surface area (Å²) in [7, 11) is 0. The van der Waals surface area contributed by atoms with Crippen LogP contribution in [0.5, 0.6) is 5.75 Å². The lowest BCUT2D eigenvalue weighted by Crippen LogP contribution is -2.12. The number of Topliss-reactive ketones (excluding diaryl/α,β-unsaturated/α-hetero) is 1. The molecule has 4 rings (SSSR count). The Labute approximate surface area is 188 Å². The van der Waals surface area contributed by atoms with E-state index in [2.05, 4.69) is 15.3 Å². The van der Waals surface area contributed by atoms with Gasteiger partial charge in [-0.25, -0.2) is 9.78 Å². The number of ketones is 1. The molecular weight excluding hydrogens is 430 g/mol. The van der Waals surface area contributed by atoms with E-state index in [-0.39, 0.29) is 11.6 Å². The summed E-state index contributed by atoms with van der Waals surface area (Å²) in [6.45, 7) is 2.45. The number of carbonyl (C=O) groups is 2. The molecule has 0 saturated carbocycles. The molecular formula is C23H21N3O5S. The molecule has 0 saturated heterocycles. The molecule has 0 amide bonds. The van der Waals surface area contributed by atoms with Gasteiger partial charge in [-0.15, -0.1) is 0 Å². The summed E-state index contributed by atoms with van der Waals surface area (Å²) in [6, 6.07) is 9.01. The van der Waals surface area contributed by atoms with Crippen LogP contribution in [0, 0.1) is 6.92 Å². The Balaban J connectivity index is 1.59. The van der Waals surface area contributed by atoms with E-state index in [0.717, 1.165) is 16.7 Å². The minimum absolute atomic E-state index is 0.0793. The Bertz CT molecular complexity index is 1260. The van der Waals surface area contributed by atoms with Gasteiger partial charge >= 0.3 is 5.97 Å². The van der Waals surface area contributed by atoms with Crippen molar-refractivity contribution in [3.8, 4) is 5.75 Å². The molecule has 0 unspecified atom stereocenters. The van der Waals surface area contributed by atoms with E-state index in [9.17, 15) is 14.7 Å². The second-order valence-corrected chi connectivity index (χ2v) is 8.02. The van der Waals surface area contributed by atoms with Crippen LogP contribution in [-0.2, 0) is 14.3 Å². The van der Waals surface area contributed by atoms with Crippen LogP contribution in [0.3, 0.4) is 0 Å². The topological polar surface area (TPSA) is 114 Å². The molecule has 0 atom stereocenters. The highest BCUT2D eigenvalue weighted by Crippen LogP contribution is 2.31. The van der Waals surface area contributed by atoms with Crippen molar-refractivity contribution in [2.75, 3.05) is 23.9 Å². The van der Waals surface area contributed by atoms with E-state index in [4.69, 9.17) is 9.47 Å². The highest BCUT2D eigenvalue weighted by atomic mass is 32.2. The number of rotatable bonds is 8. The van der Waals surface area contributed by atoms with Crippen molar-refractivity contribution in [2.45, 2.75) is 6.92 Å². The molecule has 8 nitrogen and oxygen atoms in total. The normalized spacial score (nSPS) is 14.8. The molecule has 3 aromatic rings. The van der Waals surface area contributed by atoms with Crippen LogP contribution >= 0.6 is 11.8 Å². The number of carboxylic acids is 1. The van der Waals surface area contributed by atoms with E-state index in [0.29, 0.717) is 29.3 Å². The van der Waals surface area contributed by atoms with Gasteiger partial charge in [-0.2, -0.15) is 11.8 Å². The van der Waals surface area contributed by atoms with E-state index >= 15 is 0 Å². The molecule has 0 spiro atoms. The number of allylic oxidation sites excluding steroid dienone is 1. The minimum atomic E-state index is -1.36. The van der Waals surface area contributed by atoms with E-state index in [1.165, 1.54) is 6.08 Å². The highest BCUT2D eigenvalue weighted by molar-refractivity contribution is 7.98. The molecule has 1 aromatic carbocycles. The van der Waals surface area contributed by atoms with Crippen LogP contribution in [0.4, 0.5) is 5.69 Å². The van der Waals surface area contributed by atoms with Crippen molar-refractivity contribution in [1.82, 2.24) is 9.97 Å². The van der Waals surface area contributed by atoms with E-state index in [1.807, 2.05) is 25.3 Å². The van der Waals surface area contributed by atoms with Gasteiger partial charge in [-0.3, -0.25) is 4.79 Å². The number of hydrogen-bond donors (Lipinski definition) is 3. The van der Waals surface area contributed by atoms with Gasteiger partial charge in [0.25, 0.3) is 0 Å². The second-order valence-electron chi connectivity index (χ2n) is 7.04. The number of fused-ring (bicyclic) bond motifs is 1. The third kappa shape index (κ3) is 4.33. The molecule has 0 radical (unpaired) electrons.